The third-order valence-electron chi connectivity index (χ3n) is 3.50. The summed E-state index contributed by atoms with van der Waals surface area (Å²) in [6, 6.07) is 7.60. The standard InChI is InChI=1S/C16H23N3O3/c1-3-8-17-16(21)18-9-14-10-19(15(20)11-22-14)13-6-4-12(2)5-7-13/h4-7,14H,3,8-11H2,1-2H3,(H2,17,18,21). The molecule has 6 nitrogen and oxygen atoms in total. The summed E-state index contributed by atoms with van der Waals surface area (Å²) in [5.74, 6) is -0.0597. The molecule has 6 heteroatoms. The van der Waals surface area contributed by atoms with Gasteiger partial charge in [-0.05, 0) is 25.5 Å². The van der Waals surface area contributed by atoms with Gasteiger partial charge in [0.2, 0.25) is 0 Å². The number of urea groups is 1. The Morgan fingerprint density at radius 3 is 2.73 bits per heavy atom. The van der Waals surface area contributed by atoms with Crippen LogP contribution >= 0.6 is 0 Å². The van der Waals surface area contributed by atoms with Gasteiger partial charge in [0.15, 0.2) is 0 Å². The minimum absolute atomic E-state index is 0.0385. The molecule has 2 N–H and O–H groups in total. The lowest BCUT2D eigenvalue weighted by Gasteiger charge is -2.33. The highest BCUT2D eigenvalue weighted by atomic mass is 16.5. The predicted octanol–water partition coefficient (Wildman–Crippen LogP) is 1.44. The lowest BCUT2D eigenvalue weighted by molar-refractivity contribution is -0.129. The van der Waals surface area contributed by atoms with Crippen molar-refractivity contribution in [3.05, 3.63) is 29.8 Å². The molecular weight excluding hydrogens is 282 g/mol. The molecule has 1 heterocycles. The van der Waals surface area contributed by atoms with E-state index in [0.717, 1.165) is 17.7 Å². The molecular formula is C16H23N3O3. The minimum atomic E-state index is -0.204. The second kappa shape index (κ2) is 7.79. The molecule has 0 bridgehead atoms. The maximum Gasteiger partial charge on any atom is 0.314 e. The van der Waals surface area contributed by atoms with Crippen LogP contribution in [0.3, 0.4) is 0 Å². The van der Waals surface area contributed by atoms with Crippen LogP contribution in [0.15, 0.2) is 24.3 Å². The van der Waals surface area contributed by atoms with E-state index in [1.807, 2.05) is 38.1 Å². The number of ether oxygens (including phenoxy) is 1. The average Bonchev–Trinajstić information content (AvgIpc) is 2.53. The fourth-order valence-corrected chi connectivity index (χ4v) is 2.23. The van der Waals surface area contributed by atoms with Crippen LogP contribution in [0.4, 0.5) is 10.5 Å². The Hall–Kier alpha value is -2.08. The molecule has 2 rings (SSSR count). The lowest BCUT2D eigenvalue weighted by atomic mass is 10.2. The van der Waals surface area contributed by atoms with Crippen molar-refractivity contribution in [2.24, 2.45) is 0 Å². The van der Waals surface area contributed by atoms with Crippen LogP contribution < -0.4 is 15.5 Å². The van der Waals surface area contributed by atoms with Crippen LogP contribution in [-0.4, -0.2) is 44.3 Å². The monoisotopic (exact) mass is 305 g/mol. The Balaban J connectivity index is 1.89. The normalized spacial score (nSPS) is 18.2. The van der Waals surface area contributed by atoms with E-state index >= 15 is 0 Å². The van der Waals surface area contributed by atoms with Gasteiger partial charge in [0.1, 0.15) is 6.61 Å². The highest BCUT2D eigenvalue weighted by Crippen LogP contribution is 2.19. The van der Waals surface area contributed by atoms with Crippen molar-refractivity contribution in [2.45, 2.75) is 26.4 Å². The summed E-state index contributed by atoms with van der Waals surface area (Å²) in [4.78, 5) is 25.3. The first-order chi connectivity index (χ1) is 10.6. The minimum Gasteiger partial charge on any atom is -0.365 e. The van der Waals surface area contributed by atoms with Crippen LogP contribution in [-0.2, 0) is 9.53 Å². The van der Waals surface area contributed by atoms with Crippen LogP contribution in [0.1, 0.15) is 18.9 Å². The second-order valence-corrected chi connectivity index (χ2v) is 5.41. The SMILES string of the molecule is CCCNC(=O)NCC1CN(c2ccc(C)cc2)C(=O)CO1. The number of anilines is 1. The Kier molecular flexibility index (Phi) is 5.77. The van der Waals surface area contributed by atoms with Gasteiger partial charge in [-0.1, -0.05) is 24.6 Å². The van der Waals surface area contributed by atoms with Crippen LogP contribution in [0.2, 0.25) is 0 Å². The zero-order valence-electron chi connectivity index (χ0n) is 13.1. The van der Waals surface area contributed by atoms with Gasteiger partial charge >= 0.3 is 6.03 Å². The van der Waals surface area contributed by atoms with Crippen molar-refractivity contribution in [1.82, 2.24) is 10.6 Å². The zero-order valence-corrected chi connectivity index (χ0v) is 13.1. The maximum atomic E-state index is 12.0. The number of nitrogens with one attached hydrogen (secondary N) is 2. The first-order valence-electron chi connectivity index (χ1n) is 7.60. The molecule has 1 fully saturated rings. The largest absolute Gasteiger partial charge is 0.365 e. The van der Waals surface area contributed by atoms with Crippen LogP contribution in [0, 0.1) is 6.92 Å². The quantitative estimate of drug-likeness (QED) is 0.864. The van der Waals surface area contributed by atoms with Crippen molar-refractivity contribution >= 4 is 17.6 Å². The third kappa shape index (κ3) is 4.46. The molecule has 1 unspecified atom stereocenters. The number of morpholine rings is 1. The molecule has 1 saturated heterocycles. The van der Waals surface area contributed by atoms with Crippen molar-refractivity contribution in [2.75, 3.05) is 31.1 Å². The van der Waals surface area contributed by atoms with Crippen LogP contribution in [0.5, 0.6) is 0 Å². The lowest BCUT2D eigenvalue weighted by Crippen LogP contribution is -2.51. The molecule has 0 saturated carbocycles. The summed E-state index contributed by atoms with van der Waals surface area (Å²) in [6.07, 6.45) is 0.689. The van der Waals surface area contributed by atoms with Gasteiger partial charge in [0.25, 0.3) is 5.91 Å². The summed E-state index contributed by atoms with van der Waals surface area (Å²) in [6.45, 7) is 5.51. The Morgan fingerprint density at radius 2 is 2.05 bits per heavy atom. The van der Waals surface area contributed by atoms with Crippen LogP contribution in [0.25, 0.3) is 0 Å². The molecule has 1 atom stereocenters. The summed E-state index contributed by atoms with van der Waals surface area (Å²) >= 11 is 0. The van der Waals surface area contributed by atoms with Gasteiger partial charge in [-0.25, -0.2) is 4.79 Å². The summed E-state index contributed by atoms with van der Waals surface area (Å²) < 4.78 is 5.49. The molecule has 1 aromatic carbocycles. The second-order valence-electron chi connectivity index (χ2n) is 5.41. The molecule has 1 aliphatic rings. The van der Waals surface area contributed by atoms with Crippen molar-refractivity contribution in [3.63, 3.8) is 0 Å². The highest BCUT2D eigenvalue weighted by molar-refractivity contribution is 5.95. The fraction of sp³-hybridized carbons (Fsp3) is 0.500. The molecule has 3 amide bonds. The number of benzene rings is 1. The van der Waals surface area contributed by atoms with Crippen molar-refractivity contribution in [1.29, 1.82) is 0 Å². The highest BCUT2D eigenvalue weighted by Gasteiger charge is 2.27. The third-order valence-corrected chi connectivity index (χ3v) is 3.50. The number of amides is 3. The number of aryl methyl sites for hydroxylation is 1. The van der Waals surface area contributed by atoms with E-state index in [2.05, 4.69) is 10.6 Å². The first-order valence-corrected chi connectivity index (χ1v) is 7.60. The maximum absolute atomic E-state index is 12.0. The van der Waals surface area contributed by atoms with E-state index in [4.69, 9.17) is 4.74 Å². The molecule has 120 valence electrons. The Labute approximate surface area is 130 Å². The predicted molar refractivity (Wildman–Crippen MR) is 85.0 cm³/mol. The number of carbonyl (C=O) groups excluding carboxylic acids is 2. The summed E-state index contributed by atoms with van der Waals surface area (Å²) in [5.41, 5.74) is 2.01. The Morgan fingerprint density at radius 1 is 1.32 bits per heavy atom. The van der Waals surface area contributed by atoms with Gasteiger partial charge in [0, 0.05) is 18.8 Å². The van der Waals surface area contributed by atoms with Crippen molar-refractivity contribution < 1.29 is 14.3 Å². The van der Waals surface area contributed by atoms with Gasteiger partial charge in [0.05, 0.1) is 12.6 Å². The van der Waals surface area contributed by atoms with E-state index in [9.17, 15) is 9.59 Å². The number of carbonyl (C=O) groups is 2. The number of hydrogen-bond acceptors (Lipinski definition) is 3. The number of rotatable bonds is 5. The fourth-order valence-electron chi connectivity index (χ4n) is 2.23. The van der Waals surface area contributed by atoms with Gasteiger partial charge in [-0.15, -0.1) is 0 Å². The Bertz CT molecular complexity index is 516. The topological polar surface area (TPSA) is 70.7 Å². The first kappa shape index (κ1) is 16.3. The number of hydrogen-bond donors (Lipinski definition) is 2. The molecule has 0 radical (unpaired) electrons. The average molecular weight is 305 g/mol. The van der Waals surface area contributed by atoms with Gasteiger partial charge < -0.3 is 20.3 Å². The summed E-state index contributed by atoms with van der Waals surface area (Å²) in [5, 5.41) is 5.51. The zero-order chi connectivity index (χ0) is 15.9. The molecule has 0 aromatic heterocycles. The smallest absolute Gasteiger partial charge is 0.314 e. The number of nitrogens with zero attached hydrogens (tertiary/aromatic N) is 1. The van der Waals surface area contributed by atoms with Gasteiger partial charge in [-0.3, -0.25) is 4.79 Å². The van der Waals surface area contributed by atoms with E-state index in [-0.39, 0.29) is 24.6 Å². The van der Waals surface area contributed by atoms with Crippen molar-refractivity contribution in [3.8, 4) is 0 Å². The molecule has 0 spiro atoms. The van der Waals surface area contributed by atoms with E-state index in [1.54, 1.807) is 4.90 Å². The molecule has 22 heavy (non-hydrogen) atoms. The molecule has 1 aliphatic heterocycles. The van der Waals surface area contributed by atoms with E-state index in [0.29, 0.717) is 19.6 Å². The molecule has 1 aromatic rings. The molecule has 0 aliphatic carbocycles. The van der Waals surface area contributed by atoms with E-state index in [1.165, 1.54) is 0 Å². The van der Waals surface area contributed by atoms with Gasteiger partial charge in [-0.2, -0.15) is 0 Å². The summed E-state index contributed by atoms with van der Waals surface area (Å²) in [7, 11) is 0. The van der Waals surface area contributed by atoms with E-state index < -0.39 is 0 Å².